The summed E-state index contributed by atoms with van der Waals surface area (Å²) in [5.74, 6) is -1.18. The van der Waals surface area contributed by atoms with Gasteiger partial charge in [-0.25, -0.2) is 4.39 Å². The summed E-state index contributed by atoms with van der Waals surface area (Å²) in [5.41, 5.74) is 5.43. The molecular weight excluding hydrogens is 371 g/mol. The number of carbonyl (C=O) groups excluding carboxylic acids is 2. The standard InChI is InChI=1S/C18H17FN4O3S/c1-10-3-8-16(27-10)14-9-15(21-20-14)18(25)23-22-17(24)11(2)26-13-6-4-12(19)5-7-13/h3-9,11H,1-2H3,(H,20,21)(H,22,24)(H,23,25)/t11-/m1/s1. The van der Waals surface area contributed by atoms with Gasteiger partial charge in [-0.15, -0.1) is 11.3 Å². The molecule has 0 saturated carbocycles. The molecule has 3 N–H and O–H groups in total. The first-order valence-electron chi connectivity index (χ1n) is 8.07. The molecule has 0 spiro atoms. The van der Waals surface area contributed by atoms with Crippen molar-refractivity contribution < 1.29 is 18.7 Å². The molecule has 0 unspecified atom stereocenters. The number of aromatic amines is 1. The van der Waals surface area contributed by atoms with Crippen LogP contribution in [0.15, 0.2) is 42.5 Å². The fraction of sp³-hybridized carbons (Fsp3) is 0.167. The molecule has 3 aromatic rings. The molecule has 0 aliphatic rings. The zero-order chi connectivity index (χ0) is 19.4. The lowest BCUT2D eigenvalue weighted by Crippen LogP contribution is -2.47. The second-order valence-electron chi connectivity index (χ2n) is 5.73. The highest BCUT2D eigenvalue weighted by atomic mass is 32.1. The number of nitrogens with one attached hydrogen (secondary N) is 3. The van der Waals surface area contributed by atoms with E-state index in [9.17, 15) is 14.0 Å². The summed E-state index contributed by atoms with van der Waals surface area (Å²) in [6.07, 6.45) is -0.889. The van der Waals surface area contributed by atoms with E-state index in [2.05, 4.69) is 21.0 Å². The third-order valence-corrected chi connectivity index (χ3v) is 4.65. The quantitative estimate of drug-likeness (QED) is 0.586. The Labute approximate surface area is 158 Å². The van der Waals surface area contributed by atoms with Crippen molar-refractivity contribution in [1.82, 2.24) is 21.0 Å². The smallest absolute Gasteiger partial charge is 0.290 e. The zero-order valence-electron chi connectivity index (χ0n) is 14.6. The molecule has 1 atom stereocenters. The average molecular weight is 388 g/mol. The lowest BCUT2D eigenvalue weighted by Gasteiger charge is -2.14. The Morgan fingerprint density at radius 1 is 1.19 bits per heavy atom. The number of nitrogens with zero attached hydrogens (tertiary/aromatic N) is 1. The summed E-state index contributed by atoms with van der Waals surface area (Å²) < 4.78 is 18.3. The van der Waals surface area contributed by atoms with Gasteiger partial charge in [-0.05, 0) is 56.3 Å². The Hall–Kier alpha value is -3.20. The van der Waals surface area contributed by atoms with E-state index in [1.54, 1.807) is 17.4 Å². The first kappa shape index (κ1) is 18.6. The van der Waals surface area contributed by atoms with Gasteiger partial charge in [0.15, 0.2) is 11.8 Å². The Morgan fingerprint density at radius 2 is 1.93 bits per heavy atom. The molecule has 0 aliphatic carbocycles. The molecule has 2 aromatic heterocycles. The van der Waals surface area contributed by atoms with Gasteiger partial charge in [0.25, 0.3) is 11.8 Å². The lowest BCUT2D eigenvalue weighted by atomic mass is 10.3. The van der Waals surface area contributed by atoms with Crippen LogP contribution in [0.1, 0.15) is 22.3 Å². The maximum Gasteiger partial charge on any atom is 0.290 e. The molecule has 7 nitrogen and oxygen atoms in total. The molecule has 27 heavy (non-hydrogen) atoms. The first-order valence-corrected chi connectivity index (χ1v) is 8.88. The van der Waals surface area contributed by atoms with Crippen LogP contribution in [0.3, 0.4) is 0 Å². The zero-order valence-corrected chi connectivity index (χ0v) is 15.4. The highest BCUT2D eigenvalue weighted by Gasteiger charge is 2.17. The predicted molar refractivity (Wildman–Crippen MR) is 98.7 cm³/mol. The summed E-state index contributed by atoms with van der Waals surface area (Å²) in [6, 6.07) is 10.8. The Morgan fingerprint density at radius 3 is 2.59 bits per heavy atom. The van der Waals surface area contributed by atoms with Gasteiger partial charge in [-0.3, -0.25) is 25.5 Å². The van der Waals surface area contributed by atoms with Crippen molar-refractivity contribution in [3.63, 3.8) is 0 Å². The van der Waals surface area contributed by atoms with Crippen molar-refractivity contribution >= 4 is 23.2 Å². The van der Waals surface area contributed by atoms with Crippen molar-refractivity contribution in [3.8, 4) is 16.3 Å². The van der Waals surface area contributed by atoms with E-state index < -0.39 is 23.7 Å². The Balaban J connectivity index is 1.53. The summed E-state index contributed by atoms with van der Waals surface area (Å²) in [7, 11) is 0. The van der Waals surface area contributed by atoms with Gasteiger partial charge < -0.3 is 4.74 Å². The van der Waals surface area contributed by atoms with E-state index in [0.717, 1.165) is 15.4 Å². The van der Waals surface area contributed by atoms with Gasteiger partial charge in [0.2, 0.25) is 0 Å². The van der Waals surface area contributed by atoms with Crippen LogP contribution in [0, 0.1) is 12.7 Å². The van der Waals surface area contributed by atoms with Gasteiger partial charge in [0.05, 0.1) is 10.6 Å². The van der Waals surface area contributed by atoms with Gasteiger partial charge in [0.1, 0.15) is 11.6 Å². The van der Waals surface area contributed by atoms with E-state index in [0.29, 0.717) is 5.75 Å². The number of benzene rings is 1. The van der Waals surface area contributed by atoms with Gasteiger partial charge in [-0.1, -0.05) is 0 Å². The number of rotatable bonds is 5. The molecule has 2 amide bonds. The summed E-state index contributed by atoms with van der Waals surface area (Å²) in [4.78, 5) is 26.3. The maximum absolute atomic E-state index is 12.9. The number of carbonyl (C=O) groups is 2. The number of aryl methyl sites for hydroxylation is 1. The van der Waals surface area contributed by atoms with E-state index in [1.165, 1.54) is 31.2 Å². The number of amides is 2. The number of aromatic nitrogens is 2. The SMILES string of the molecule is Cc1ccc(-c2cc(C(=O)NNC(=O)[C@@H](C)Oc3ccc(F)cc3)n[nH]2)s1. The molecule has 3 rings (SSSR count). The molecule has 1 aromatic carbocycles. The minimum absolute atomic E-state index is 0.142. The topological polar surface area (TPSA) is 96.1 Å². The van der Waals surface area contributed by atoms with Crippen LogP contribution in [0.25, 0.3) is 10.6 Å². The molecule has 2 heterocycles. The van der Waals surface area contributed by atoms with Crippen molar-refractivity contribution in [1.29, 1.82) is 0 Å². The van der Waals surface area contributed by atoms with Gasteiger partial charge in [0, 0.05) is 4.88 Å². The van der Waals surface area contributed by atoms with E-state index in [1.807, 2.05) is 19.1 Å². The number of H-pyrrole nitrogens is 1. The largest absolute Gasteiger partial charge is 0.481 e. The van der Waals surface area contributed by atoms with Crippen molar-refractivity contribution in [2.45, 2.75) is 20.0 Å². The molecule has 0 bridgehead atoms. The van der Waals surface area contributed by atoms with Crippen LogP contribution in [0.4, 0.5) is 4.39 Å². The van der Waals surface area contributed by atoms with E-state index in [-0.39, 0.29) is 5.69 Å². The highest BCUT2D eigenvalue weighted by Crippen LogP contribution is 2.26. The van der Waals surface area contributed by atoms with Crippen LogP contribution in [0.5, 0.6) is 5.75 Å². The van der Waals surface area contributed by atoms with Crippen LogP contribution in [0.2, 0.25) is 0 Å². The third kappa shape index (κ3) is 4.70. The molecule has 140 valence electrons. The predicted octanol–water partition coefficient (Wildman–Crippen LogP) is 2.81. The van der Waals surface area contributed by atoms with E-state index in [4.69, 9.17) is 4.74 Å². The molecule has 0 radical (unpaired) electrons. The lowest BCUT2D eigenvalue weighted by molar-refractivity contribution is -0.128. The number of hydrazine groups is 1. The molecule has 0 fully saturated rings. The first-order chi connectivity index (χ1) is 12.9. The summed E-state index contributed by atoms with van der Waals surface area (Å²) in [5, 5.41) is 6.75. The highest BCUT2D eigenvalue weighted by molar-refractivity contribution is 7.15. The van der Waals surface area contributed by atoms with E-state index >= 15 is 0 Å². The number of thiophene rings is 1. The molecule has 9 heteroatoms. The van der Waals surface area contributed by atoms with Crippen LogP contribution < -0.4 is 15.6 Å². The van der Waals surface area contributed by atoms with Crippen molar-refractivity contribution in [3.05, 3.63) is 58.9 Å². The fourth-order valence-corrected chi connectivity index (χ4v) is 3.03. The monoisotopic (exact) mass is 388 g/mol. The van der Waals surface area contributed by atoms with Crippen LogP contribution >= 0.6 is 11.3 Å². The number of halogens is 1. The number of hydrogen-bond acceptors (Lipinski definition) is 5. The van der Waals surface area contributed by atoms with Gasteiger partial charge in [-0.2, -0.15) is 5.10 Å². The molecular formula is C18H17FN4O3S. The third-order valence-electron chi connectivity index (χ3n) is 3.61. The second-order valence-corrected chi connectivity index (χ2v) is 7.02. The maximum atomic E-state index is 12.9. The van der Waals surface area contributed by atoms with Crippen molar-refractivity contribution in [2.75, 3.05) is 0 Å². The minimum Gasteiger partial charge on any atom is -0.481 e. The normalized spacial score (nSPS) is 11.7. The Bertz CT molecular complexity index is 952. The molecule has 0 aliphatic heterocycles. The van der Waals surface area contributed by atoms with Crippen molar-refractivity contribution in [2.24, 2.45) is 0 Å². The van der Waals surface area contributed by atoms with Gasteiger partial charge >= 0.3 is 0 Å². The van der Waals surface area contributed by atoms with Crippen LogP contribution in [-0.2, 0) is 4.79 Å². The molecule has 0 saturated heterocycles. The Kier molecular flexibility index (Phi) is 5.51. The second kappa shape index (κ2) is 8.00. The number of hydrogen-bond donors (Lipinski definition) is 3. The minimum atomic E-state index is -0.889. The summed E-state index contributed by atoms with van der Waals surface area (Å²) >= 11 is 1.58. The fourth-order valence-electron chi connectivity index (χ4n) is 2.20. The number of ether oxygens (including phenoxy) is 1. The van der Waals surface area contributed by atoms with Crippen LogP contribution in [-0.4, -0.2) is 28.1 Å². The summed E-state index contributed by atoms with van der Waals surface area (Å²) in [6.45, 7) is 3.50. The average Bonchev–Trinajstić information content (AvgIpc) is 3.30.